The van der Waals surface area contributed by atoms with Gasteiger partial charge in [0, 0.05) is 35.3 Å². The molecular weight excluding hydrogens is 1220 g/mol. The molecule has 0 N–H and O–H groups in total. The van der Waals surface area contributed by atoms with Gasteiger partial charge in [0.25, 0.3) is 11.4 Å². The van der Waals surface area contributed by atoms with Crippen LogP contribution in [0, 0.1) is 12.1 Å². The maximum Gasteiger partial charge on any atom is 2.00 e. The van der Waals surface area contributed by atoms with Gasteiger partial charge in [0.2, 0.25) is 5.69 Å². The molecule has 2 aliphatic carbocycles. The van der Waals surface area contributed by atoms with E-state index < -0.39 is 5.41 Å². The van der Waals surface area contributed by atoms with E-state index in [2.05, 4.69) is 294 Å². The third-order valence-electron chi connectivity index (χ3n) is 17.7. The molecule has 0 bridgehead atoms. The second-order valence-corrected chi connectivity index (χ2v) is 26.0. The quantitative estimate of drug-likeness (QED) is 0.118. The fraction of sp³-hybridized carbons (Fsp3) is 0.165. The summed E-state index contributed by atoms with van der Waals surface area (Å²) < 4.78 is 13.4. The van der Waals surface area contributed by atoms with E-state index in [4.69, 9.17) is 9.72 Å². The zero-order valence-corrected chi connectivity index (χ0v) is 51.6. The molecule has 15 rings (SSSR count). The Morgan fingerprint density at radius 1 is 0.435 bits per heavy atom. The summed E-state index contributed by atoms with van der Waals surface area (Å²) in [4.78, 5) is 4.91. The Morgan fingerprint density at radius 3 is 1.62 bits per heavy atom. The van der Waals surface area contributed by atoms with Crippen LogP contribution in [-0.2, 0) is 42.7 Å². The van der Waals surface area contributed by atoms with Gasteiger partial charge >= 0.3 is 27.1 Å². The molecule has 1 spiro atoms. The molecular formula is C79H64N4OPt+2. The van der Waals surface area contributed by atoms with Crippen molar-refractivity contribution in [2.24, 2.45) is 0 Å². The number of nitrogens with zero attached hydrogens (tertiary/aromatic N) is 4. The third kappa shape index (κ3) is 8.57. The van der Waals surface area contributed by atoms with Crippen LogP contribution in [0.5, 0.6) is 11.5 Å². The predicted molar refractivity (Wildman–Crippen MR) is 347 cm³/mol. The number of hydrogen-bond acceptors (Lipinski definition) is 2. The zero-order chi connectivity index (χ0) is 57.4. The van der Waals surface area contributed by atoms with E-state index in [-0.39, 0.29) is 37.3 Å². The van der Waals surface area contributed by atoms with Crippen LogP contribution in [-0.4, -0.2) is 15.6 Å². The van der Waals surface area contributed by atoms with E-state index in [9.17, 15) is 0 Å². The van der Waals surface area contributed by atoms with Gasteiger partial charge in [-0.05, 0) is 135 Å². The maximum atomic E-state index is 6.81. The van der Waals surface area contributed by atoms with Gasteiger partial charge < -0.3 is 9.30 Å². The van der Waals surface area contributed by atoms with Gasteiger partial charge in [-0.1, -0.05) is 224 Å². The van der Waals surface area contributed by atoms with Crippen molar-refractivity contribution in [1.29, 1.82) is 0 Å². The molecule has 1 aliphatic heterocycles. The molecule has 0 saturated carbocycles. The summed E-state index contributed by atoms with van der Waals surface area (Å²) in [7, 11) is 0. The second-order valence-electron chi connectivity index (χ2n) is 26.0. The van der Waals surface area contributed by atoms with Crippen LogP contribution in [0.15, 0.2) is 225 Å². The molecule has 2 aromatic heterocycles. The van der Waals surface area contributed by atoms with Gasteiger partial charge in [0.15, 0.2) is 0 Å². The molecule has 5 nitrogen and oxygen atoms in total. The van der Waals surface area contributed by atoms with Gasteiger partial charge in [0.05, 0.1) is 16.5 Å². The van der Waals surface area contributed by atoms with Crippen LogP contribution in [0.25, 0.3) is 72.1 Å². The van der Waals surface area contributed by atoms with Crippen LogP contribution in [0.4, 0.5) is 22.7 Å². The first-order valence-corrected chi connectivity index (χ1v) is 29.4. The minimum Gasteiger partial charge on any atom is -0.509 e. The SMILES string of the molecule is CC(C)(C)c1cc(-c2cccc(-c3ccc4c(c3)C3(c5ccccc5-c5ccccc53)c3ccccc3-4)c2[N+]2=C=[N+](c3[c-]c(Oc4[c-]c5c(cc4)c4ccccc4n5-c4cc(C(C)(C)C)ccn4)ccc3)c3ccccc32)cc(C(C)(C)C)c1.[Pt+2]. The van der Waals surface area contributed by atoms with Crippen LogP contribution in [0.2, 0.25) is 0 Å². The molecule has 0 radical (unpaired) electrons. The van der Waals surface area contributed by atoms with E-state index in [1.54, 1.807) is 0 Å². The molecule has 0 amide bonds. The minimum atomic E-state index is -0.495. The largest absolute Gasteiger partial charge is 2.00 e. The summed E-state index contributed by atoms with van der Waals surface area (Å²) in [6.45, 7) is 20.6. The molecule has 414 valence electrons. The standard InChI is InChI=1S/C79H64N4O.Pt/c1-76(2,3)52-40-41-80-74(46-52)83-70-33-17-13-27-64(70)65-39-37-57(48-73(65)83)84-56-23-20-22-55(47-56)81-49-82(72-35-19-18-34-71(72)81)75-58(28-21-29-59(75)51-42-53(77(4,5)6)45-54(43-51)78(7,8)9)50-36-38-63-62-26-12-16-32-68(62)79(69(63)44-50)66-30-14-10-24-60(66)61-25-11-15-31-67(61)79;/h10-46H,1-9H3;/q;+2. The fourth-order valence-electron chi connectivity index (χ4n) is 13.5. The summed E-state index contributed by atoms with van der Waals surface area (Å²) in [5.74, 6) is 1.99. The van der Waals surface area contributed by atoms with Gasteiger partial charge in [-0.15, -0.1) is 23.6 Å². The molecule has 6 heteroatoms. The zero-order valence-electron chi connectivity index (χ0n) is 49.4. The molecule has 3 aliphatic rings. The van der Waals surface area contributed by atoms with Crippen molar-refractivity contribution in [2.45, 2.75) is 84.0 Å². The number of para-hydroxylation sites is 4. The summed E-state index contributed by atoms with van der Waals surface area (Å²) in [5.41, 5.74) is 23.8. The first-order chi connectivity index (χ1) is 40.5. The molecule has 10 aromatic carbocycles. The Hall–Kier alpha value is -8.98. The Kier molecular flexibility index (Phi) is 12.6. The smallest absolute Gasteiger partial charge is 0.509 e. The van der Waals surface area contributed by atoms with Crippen LogP contribution in [0.1, 0.15) is 101 Å². The maximum absolute atomic E-state index is 6.81. The van der Waals surface area contributed by atoms with Crippen molar-refractivity contribution in [3.8, 4) is 61.8 Å². The molecule has 12 aromatic rings. The average Bonchev–Trinajstić information content (AvgIpc) is 1.54. The summed E-state index contributed by atoms with van der Waals surface area (Å²) in [5, 5.41) is 2.21. The topological polar surface area (TPSA) is 33.1 Å². The van der Waals surface area contributed by atoms with Crippen molar-refractivity contribution in [1.82, 2.24) is 18.7 Å². The number of pyridine rings is 1. The summed E-state index contributed by atoms with van der Waals surface area (Å²) in [6, 6.07) is 91.5. The molecule has 0 saturated heterocycles. The fourth-order valence-corrected chi connectivity index (χ4v) is 13.5. The number of hydrogen-bond donors (Lipinski definition) is 0. The molecule has 0 fully saturated rings. The number of fused-ring (bicyclic) bond motifs is 14. The van der Waals surface area contributed by atoms with Crippen molar-refractivity contribution in [3.63, 3.8) is 0 Å². The Labute approximate surface area is 513 Å². The number of ether oxygens (including phenoxy) is 1. The predicted octanol–water partition coefficient (Wildman–Crippen LogP) is 20.0. The Morgan fingerprint density at radius 2 is 0.976 bits per heavy atom. The van der Waals surface area contributed by atoms with E-state index in [1.165, 1.54) is 61.2 Å². The molecule has 0 atom stereocenters. The molecule has 85 heavy (non-hydrogen) atoms. The van der Waals surface area contributed by atoms with Crippen molar-refractivity contribution < 1.29 is 25.8 Å². The number of benzene rings is 10. The molecule has 3 heterocycles. The number of rotatable bonds is 7. The van der Waals surface area contributed by atoms with Gasteiger partial charge in [0.1, 0.15) is 11.5 Å². The van der Waals surface area contributed by atoms with Gasteiger partial charge in [-0.25, -0.2) is 4.98 Å². The monoisotopic (exact) mass is 1280 g/mol. The first-order valence-electron chi connectivity index (χ1n) is 29.4. The van der Waals surface area contributed by atoms with Gasteiger partial charge in [-0.3, -0.25) is 0 Å². The Bertz CT molecular complexity index is 4720. The minimum absolute atomic E-state index is 0. The van der Waals surface area contributed by atoms with Crippen molar-refractivity contribution in [2.75, 3.05) is 0 Å². The van der Waals surface area contributed by atoms with Crippen molar-refractivity contribution >= 4 is 50.6 Å². The second kappa shape index (κ2) is 19.8. The average molecular weight is 1280 g/mol. The van der Waals surface area contributed by atoms with Crippen molar-refractivity contribution in [3.05, 3.63) is 276 Å². The Balaban J connectivity index is 0.00000640. The number of aromatic nitrogens is 2. The summed E-state index contributed by atoms with van der Waals surface area (Å²) in [6.07, 6.45) is 1.91. The van der Waals surface area contributed by atoms with Crippen LogP contribution in [0.3, 0.4) is 0 Å². The normalized spacial score (nSPS) is 13.7. The van der Waals surface area contributed by atoms with Gasteiger partial charge in [-0.2, -0.15) is 12.1 Å². The third-order valence-corrected chi connectivity index (χ3v) is 17.7. The van der Waals surface area contributed by atoms with Crippen LogP contribution >= 0.6 is 0 Å². The molecule has 0 unspecified atom stereocenters. The van der Waals surface area contributed by atoms with Crippen LogP contribution < -0.4 is 13.9 Å². The van der Waals surface area contributed by atoms with E-state index in [0.717, 1.165) is 72.6 Å². The van der Waals surface area contributed by atoms with E-state index in [0.29, 0.717) is 11.5 Å². The van der Waals surface area contributed by atoms with E-state index >= 15 is 0 Å². The van der Waals surface area contributed by atoms with E-state index in [1.807, 2.05) is 24.4 Å². The summed E-state index contributed by atoms with van der Waals surface area (Å²) >= 11 is 0. The first kappa shape index (κ1) is 54.0.